The van der Waals surface area contributed by atoms with Crippen molar-refractivity contribution < 1.29 is 9.53 Å². The van der Waals surface area contributed by atoms with Gasteiger partial charge in [-0.1, -0.05) is 0 Å². The Morgan fingerprint density at radius 2 is 2.20 bits per heavy atom. The fourth-order valence-electron chi connectivity index (χ4n) is 1.91. The van der Waals surface area contributed by atoms with E-state index in [0.29, 0.717) is 6.42 Å². The molecule has 0 aromatic heterocycles. The van der Waals surface area contributed by atoms with Gasteiger partial charge in [-0.25, -0.2) is 0 Å². The highest BCUT2D eigenvalue weighted by molar-refractivity contribution is 6.03. The van der Waals surface area contributed by atoms with Crippen LogP contribution >= 0.6 is 0 Å². The van der Waals surface area contributed by atoms with Crippen LogP contribution < -0.4 is 10.1 Å². The molecule has 1 N–H and O–H groups in total. The Kier molecular flexibility index (Phi) is 2.62. The Morgan fingerprint density at radius 3 is 2.93 bits per heavy atom. The molecule has 0 bridgehead atoms. The van der Waals surface area contributed by atoms with Crippen molar-refractivity contribution >= 4 is 11.5 Å². The van der Waals surface area contributed by atoms with Crippen LogP contribution in [0, 0.1) is 6.92 Å². The maximum Gasteiger partial charge on any atom is 0.165 e. The fourth-order valence-corrected chi connectivity index (χ4v) is 1.91. The maximum absolute atomic E-state index is 11.8. The molecule has 0 amide bonds. The summed E-state index contributed by atoms with van der Waals surface area (Å²) in [5.74, 6) is 0.970. The molecule has 0 saturated heterocycles. The lowest BCUT2D eigenvalue weighted by atomic mass is 10.0. The first kappa shape index (κ1) is 10.0. The predicted octanol–water partition coefficient (Wildman–Crippen LogP) is 2.39. The van der Waals surface area contributed by atoms with Crippen LogP contribution in [0.15, 0.2) is 12.1 Å². The molecule has 1 heterocycles. The van der Waals surface area contributed by atoms with Crippen LogP contribution in [0.2, 0.25) is 0 Å². The molecule has 3 nitrogen and oxygen atoms in total. The van der Waals surface area contributed by atoms with Crippen LogP contribution in [-0.2, 0) is 0 Å². The van der Waals surface area contributed by atoms with Gasteiger partial charge in [0.2, 0.25) is 0 Å². The minimum Gasteiger partial charge on any atom is -0.495 e. The number of carbonyl (C=O) groups is 1. The summed E-state index contributed by atoms with van der Waals surface area (Å²) in [4.78, 5) is 11.8. The molecule has 1 aromatic rings. The van der Waals surface area contributed by atoms with Crippen LogP contribution in [0.1, 0.15) is 28.8 Å². The van der Waals surface area contributed by atoms with Gasteiger partial charge in [0.1, 0.15) is 5.75 Å². The van der Waals surface area contributed by atoms with Crippen LogP contribution in [-0.4, -0.2) is 19.4 Å². The maximum atomic E-state index is 11.8. The summed E-state index contributed by atoms with van der Waals surface area (Å²) in [5, 5.41) is 3.26. The molecule has 0 unspecified atom stereocenters. The highest BCUT2D eigenvalue weighted by Gasteiger charge is 2.18. The van der Waals surface area contributed by atoms with E-state index in [1.807, 2.05) is 19.1 Å². The van der Waals surface area contributed by atoms with E-state index in [1.54, 1.807) is 7.11 Å². The fraction of sp³-hybridized carbons (Fsp3) is 0.417. The van der Waals surface area contributed by atoms with E-state index in [1.165, 1.54) is 0 Å². The third-order valence-corrected chi connectivity index (χ3v) is 2.65. The highest BCUT2D eigenvalue weighted by Crippen LogP contribution is 2.32. The van der Waals surface area contributed by atoms with Crippen molar-refractivity contribution in [2.75, 3.05) is 19.0 Å². The van der Waals surface area contributed by atoms with Crippen molar-refractivity contribution in [3.63, 3.8) is 0 Å². The van der Waals surface area contributed by atoms with Gasteiger partial charge in [0.15, 0.2) is 5.78 Å². The quantitative estimate of drug-likeness (QED) is 0.765. The smallest absolute Gasteiger partial charge is 0.165 e. The van der Waals surface area contributed by atoms with Gasteiger partial charge in [0.25, 0.3) is 0 Å². The van der Waals surface area contributed by atoms with E-state index in [9.17, 15) is 4.79 Å². The van der Waals surface area contributed by atoms with Crippen LogP contribution in [0.25, 0.3) is 0 Å². The zero-order valence-corrected chi connectivity index (χ0v) is 9.09. The SMILES string of the molecule is COc1cc(C)cc2c1NCCCC2=O. The van der Waals surface area contributed by atoms with Crippen LogP contribution in [0.3, 0.4) is 0 Å². The monoisotopic (exact) mass is 205 g/mol. The average molecular weight is 205 g/mol. The topological polar surface area (TPSA) is 38.3 Å². The number of anilines is 1. The number of ether oxygens (including phenoxy) is 1. The standard InChI is InChI=1S/C12H15NO2/c1-8-6-9-10(14)4-3-5-13-12(9)11(7-8)15-2/h6-7,13H,3-5H2,1-2H3. The van der Waals surface area contributed by atoms with E-state index < -0.39 is 0 Å². The van der Waals surface area contributed by atoms with Crippen molar-refractivity contribution in [2.24, 2.45) is 0 Å². The Labute approximate surface area is 89.4 Å². The summed E-state index contributed by atoms with van der Waals surface area (Å²) in [6.45, 7) is 2.80. The molecule has 0 radical (unpaired) electrons. The van der Waals surface area contributed by atoms with E-state index in [0.717, 1.165) is 35.5 Å². The summed E-state index contributed by atoms with van der Waals surface area (Å²) in [6, 6.07) is 3.88. The number of nitrogens with one attached hydrogen (secondary N) is 1. The summed E-state index contributed by atoms with van der Waals surface area (Å²) >= 11 is 0. The first-order chi connectivity index (χ1) is 7.22. The lowest BCUT2D eigenvalue weighted by molar-refractivity contribution is 0.0983. The number of hydrogen-bond donors (Lipinski definition) is 1. The van der Waals surface area contributed by atoms with Gasteiger partial charge >= 0.3 is 0 Å². The van der Waals surface area contributed by atoms with E-state index >= 15 is 0 Å². The molecule has 1 aliphatic heterocycles. The molecule has 1 aromatic carbocycles. The van der Waals surface area contributed by atoms with Gasteiger partial charge in [-0.15, -0.1) is 0 Å². The minimum absolute atomic E-state index is 0.206. The molecule has 0 aliphatic carbocycles. The molecule has 0 atom stereocenters. The molecular formula is C12H15NO2. The van der Waals surface area contributed by atoms with Crippen LogP contribution in [0.5, 0.6) is 5.75 Å². The average Bonchev–Trinajstić information content (AvgIpc) is 2.40. The van der Waals surface area contributed by atoms with Crippen molar-refractivity contribution in [3.8, 4) is 5.75 Å². The molecule has 3 heteroatoms. The number of methoxy groups -OCH3 is 1. The molecule has 15 heavy (non-hydrogen) atoms. The summed E-state index contributed by atoms with van der Waals surface area (Å²) in [7, 11) is 1.63. The minimum atomic E-state index is 0.206. The molecule has 0 fully saturated rings. The van der Waals surface area contributed by atoms with Gasteiger partial charge < -0.3 is 10.1 Å². The van der Waals surface area contributed by atoms with Crippen LogP contribution in [0.4, 0.5) is 5.69 Å². The zero-order valence-electron chi connectivity index (χ0n) is 9.09. The largest absolute Gasteiger partial charge is 0.495 e. The van der Waals surface area contributed by atoms with E-state index in [2.05, 4.69) is 5.32 Å². The number of Topliss-reactive ketones (excluding diaryl/α,β-unsaturated/α-hetero) is 1. The van der Waals surface area contributed by atoms with Gasteiger partial charge in [-0.05, 0) is 31.0 Å². The normalized spacial score (nSPS) is 15.2. The summed E-state index contributed by atoms with van der Waals surface area (Å²) < 4.78 is 5.28. The van der Waals surface area contributed by atoms with E-state index in [-0.39, 0.29) is 5.78 Å². The summed E-state index contributed by atoms with van der Waals surface area (Å²) in [5.41, 5.74) is 2.68. The van der Waals surface area contributed by atoms with Crippen molar-refractivity contribution in [2.45, 2.75) is 19.8 Å². The number of fused-ring (bicyclic) bond motifs is 1. The second-order valence-corrected chi connectivity index (χ2v) is 3.84. The highest BCUT2D eigenvalue weighted by atomic mass is 16.5. The lowest BCUT2D eigenvalue weighted by Gasteiger charge is -2.12. The van der Waals surface area contributed by atoms with Crippen molar-refractivity contribution in [1.29, 1.82) is 0 Å². The van der Waals surface area contributed by atoms with Crippen molar-refractivity contribution in [3.05, 3.63) is 23.3 Å². The number of rotatable bonds is 1. The second kappa shape index (κ2) is 3.93. The third-order valence-electron chi connectivity index (χ3n) is 2.65. The lowest BCUT2D eigenvalue weighted by Crippen LogP contribution is -2.03. The number of benzene rings is 1. The third kappa shape index (κ3) is 1.82. The Morgan fingerprint density at radius 1 is 1.40 bits per heavy atom. The number of aryl methyl sites for hydroxylation is 1. The Bertz CT molecular complexity index is 399. The summed E-state index contributed by atoms with van der Waals surface area (Å²) in [6.07, 6.45) is 1.50. The molecule has 0 saturated carbocycles. The molecule has 2 rings (SSSR count). The molecule has 1 aliphatic rings. The number of carbonyl (C=O) groups excluding carboxylic acids is 1. The zero-order chi connectivity index (χ0) is 10.8. The Hall–Kier alpha value is -1.51. The first-order valence-electron chi connectivity index (χ1n) is 5.18. The van der Waals surface area contributed by atoms with Gasteiger partial charge in [-0.2, -0.15) is 0 Å². The van der Waals surface area contributed by atoms with E-state index in [4.69, 9.17) is 4.74 Å². The van der Waals surface area contributed by atoms with Crippen molar-refractivity contribution in [1.82, 2.24) is 0 Å². The molecule has 0 spiro atoms. The van der Waals surface area contributed by atoms with Gasteiger partial charge in [0, 0.05) is 18.5 Å². The van der Waals surface area contributed by atoms with Gasteiger partial charge in [-0.3, -0.25) is 4.79 Å². The first-order valence-corrected chi connectivity index (χ1v) is 5.18. The number of hydrogen-bond acceptors (Lipinski definition) is 3. The predicted molar refractivity (Wildman–Crippen MR) is 59.8 cm³/mol. The number of ketones is 1. The molecular weight excluding hydrogens is 190 g/mol. The molecule has 80 valence electrons. The second-order valence-electron chi connectivity index (χ2n) is 3.84. The van der Waals surface area contributed by atoms with Gasteiger partial charge in [0.05, 0.1) is 12.8 Å². The Balaban J connectivity index is 2.58.